The Labute approximate surface area is 156 Å². The van der Waals surface area contributed by atoms with E-state index >= 15 is 0 Å². The first-order valence-electron chi connectivity index (χ1n) is 10.7. The van der Waals surface area contributed by atoms with Crippen molar-refractivity contribution >= 4 is 5.91 Å². The lowest BCUT2D eigenvalue weighted by Gasteiger charge is -2.37. The summed E-state index contributed by atoms with van der Waals surface area (Å²) in [4.78, 5) is 12.8. The van der Waals surface area contributed by atoms with Crippen molar-refractivity contribution < 1.29 is 9.18 Å². The molecule has 7 unspecified atom stereocenters. The zero-order chi connectivity index (χ0) is 18.1. The Morgan fingerprint density at radius 1 is 1.04 bits per heavy atom. The third-order valence-corrected chi connectivity index (χ3v) is 7.45. The van der Waals surface area contributed by atoms with Gasteiger partial charge in [-0.2, -0.15) is 0 Å². The van der Waals surface area contributed by atoms with Crippen LogP contribution >= 0.6 is 0 Å². The summed E-state index contributed by atoms with van der Waals surface area (Å²) in [5, 5.41) is 13.6. The van der Waals surface area contributed by atoms with Gasteiger partial charge in [-0.25, -0.2) is 4.39 Å². The highest BCUT2D eigenvalue weighted by Gasteiger charge is 2.46. The second kappa shape index (κ2) is 8.11. The van der Waals surface area contributed by atoms with Crippen molar-refractivity contribution in [3.8, 4) is 0 Å². The number of amides is 1. The summed E-state index contributed by atoms with van der Waals surface area (Å²) in [6, 6.07) is 0.251. The van der Waals surface area contributed by atoms with E-state index in [0.717, 1.165) is 39.0 Å². The van der Waals surface area contributed by atoms with Crippen molar-refractivity contribution in [3.63, 3.8) is 0 Å². The van der Waals surface area contributed by atoms with Crippen molar-refractivity contribution in [1.82, 2.24) is 21.3 Å². The van der Waals surface area contributed by atoms with Crippen LogP contribution in [0.3, 0.4) is 0 Å². The first-order valence-corrected chi connectivity index (χ1v) is 10.7. The van der Waals surface area contributed by atoms with E-state index in [9.17, 15) is 9.18 Å². The molecule has 2 heterocycles. The van der Waals surface area contributed by atoms with Crippen LogP contribution in [0.15, 0.2) is 0 Å². The fourth-order valence-electron chi connectivity index (χ4n) is 5.90. The van der Waals surface area contributed by atoms with Crippen molar-refractivity contribution in [2.24, 2.45) is 23.7 Å². The second-order valence-electron chi connectivity index (χ2n) is 9.19. The van der Waals surface area contributed by atoms with Gasteiger partial charge in [0, 0.05) is 37.8 Å². The van der Waals surface area contributed by atoms with Crippen LogP contribution in [0.1, 0.15) is 51.9 Å². The van der Waals surface area contributed by atoms with E-state index in [1.165, 1.54) is 12.8 Å². The highest BCUT2D eigenvalue weighted by atomic mass is 19.1. The molecule has 2 aliphatic heterocycles. The van der Waals surface area contributed by atoms with E-state index in [0.29, 0.717) is 30.6 Å². The van der Waals surface area contributed by atoms with Gasteiger partial charge in [-0.15, -0.1) is 0 Å². The zero-order valence-corrected chi connectivity index (χ0v) is 16.0. The van der Waals surface area contributed by atoms with Crippen molar-refractivity contribution in [2.75, 3.05) is 19.8 Å². The van der Waals surface area contributed by atoms with Crippen LogP contribution in [0.25, 0.3) is 0 Å². The molecule has 7 atom stereocenters. The minimum atomic E-state index is -0.744. The predicted molar refractivity (Wildman–Crippen MR) is 100 cm³/mol. The molecule has 2 saturated heterocycles. The molecule has 0 aromatic heterocycles. The molecule has 4 N–H and O–H groups in total. The molecule has 0 spiro atoms. The van der Waals surface area contributed by atoms with Crippen LogP contribution in [-0.2, 0) is 4.79 Å². The van der Waals surface area contributed by atoms with E-state index in [-0.39, 0.29) is 30.0 Å². The Bertz CT molecular complexity index is 480. The molecule has 26 heavy (non-hydrogen) atoms. The molecular formula is C20H35FN4O. The van der Waals surface area contributed by atoms with Crippen LogP contribution in [0, 0.1) is 23.7 Å². The summed E-state index contributed by atoms with van der Waals surface area (Å²) in [7, 11) is 0. The van der Waals surface area contributed by atoms with E-state index in [1.54, 1.807) is 0 Å². The molecule has 4 fully saturated rings. The van der Waals surface area contributed by atoms with Gasteiger partial charge < -0.3 is 21.3 Å². The van der Waals surface area contributed by atoms with E-state index < -0.39 is 6.17 Å². The molecule has 4 aliphatic rings. The lowest BCUT2D eigenvalue weighted by atomic mass is 9.77. The topological polar surface area (TPSA) is 65.2 Å². The molecule has 2 aliphatic carbocycles. The molecule has 4 rings (SSSR count). The van der Waals surface area contributed by atoms with Crippen molar-refractivity contribution in [2.45, 2.75) is 76.2 Å². The van der Waals surface area contributed by atoms with Gasteiger partial charge in [0.2, 0.25) is 5.91 Å². The average molecular weight is 367 g/mol. The van der Waals surface area contributed by atoms with Crippen LogP contribution in [0.4, 0.5) is 4.39 Å². The summed E-state index contributed by atoms with van der Waals surface area (Å²) >= 11 is 0. The summed E-state index contributed by atoms with van der Waals surface area (Å²) in [5.41, 5.74) is 0. The summed E-state index contributed by atoms with van der Waals surface area (Å²) < 4.78 is 14.3. The number of alkyl halides is 1. The standard InChI is InChI=1S/C20H35FN4O/c1-12-5-6-17(21)16-8-18(25-19(12)16)20(26)24-15-4-2-3-13(7-15)14-9-22-11-23-10-14/h12-19,22-23,25H,2-11H2,1H3,(H,24,26). The lowest BCUT2D eigenvalue weighted by molar-refractivity contribution is -0.124. The molecule has 0 radical (unpaired) electrons. The summed E-state index contributed by atoms with van der Waals surface area (Å²) in [6.45, 7) is 5.27. The van der Waals surface area contributed by atoms with Gasteiger partial charge in [-0.1, -0.05) is 13.3 Å². The summed E-state index contributed by atoms with van der Waals surface area (Å²) in [5.74, 6) is 1.94. The van der Waals surface area contributed by atoms with Crippen LogP contribution in [0.5, 0.6) is 0 Å². The van der Waals surface area contributed by atoms with E-state index in [2.05, 4.69) is 28.2 Å². The summed E-state index contributed by atoms with van der Waals surface area (Å²) in [6.07, 6.45) is 6.13. The van der Waals surface area contributed by atoms with Crippen molar-refractivity contribution in [3.05, 3.63) is 0 Å². The smallest absolute Gasteiger partial charge is 0.237 e. The number of hydrogen-bond donors (Lipinski definition) is 4. The van der Waals surface area contributed by atoms with Crippen LogP contribution in [-0.4, -0.2) is 50.0 Å². The Morgan fingerprint density at radius 3 is 2.62 bits per heavy atom. The number of carbonyl (C=O) groups is 1. The number of fused-ring (bicyclic) bond motifs is 1. The normalized spacial score (nSPS) is 44.5. The first kappa shape index (κ1) is 18.6. The number of hydrogen-bond acceptors (Lipinski definition) is 4. The molecule has 0 bridgehead atoms. The number of carbonyl (C=O) groups excluding carboxylic acids is 1. The minimum absolute atomic E-state index is 0.0213. The monoisotopic (exact) mass is 366 g/mol. The minimum Gasteiger partial charge on any atom is -0.352 e. The Kier molecular flexibility index (Phi) is 5.81. The molecule has 2 saturated carbocycles. The van der Waals surface area contributed by atoms with E-state index in [1.807, 2.05) is 0 Å². The lowest BCUT2D eigenvalue weighted by Crippen LogP contribution is -2.51. The van der Waals surface area contributed by atoms with Crippen molar-refractivity contribution in [1.29, 1.82) is 0 Å². The van der Waals surface area contributed by atoms with Crippen LogP contribution in [0.2, 0.25) is 0 Å². The van der Waals surface area contributed by atoms with Gasteiger partial charge in [-0.05, 0) is 56.3 Å². The Morgan fingerprint density at radius 2 is 1.85 bits per heavy atom. The predicted octanol–water partition coefficient (Wildman–Crippen LogP) is 1.54. The fraction of sp³-hybridized carbons (Fsp3) is 0.950. The maximum Gasteiger partial charge on any atom is 0.237 e. The zero-order valence-electron chi connectivity index (χ0n) is 16.0. The van der Waals surface area contributed by atoms with Gasteiger partial charge >= 0.3 is 0 Å². The second-order valence-corrected chi connectivity index (χ2v) is 9.19. The molecule has 5 nitrogen and oxygen atoms in total. The molecule has 6 heteroatoms. The first-order chi connectivity index (χ1) is 12.6. The highest BCUT2D eigenvalue weighted by Crippen LogP contribution is 2.39. The van der Waals surface area contributed by atoms with Crippen LogP contribution < -0.4 is 21.3 Å². The molecule has 1 amide bonds. The molecular weight excluding hydrogens is 331 g/mol. The maximum absolute atomic E-state index is 14.3. The number of nitrogens with one attached hydrogen (secondary N) is 4. The van der Waals surface area contributed by atoms with Gasteiger partial charge in [0.15, 0.2) is 0 Å². The number of halogens is 1. The Balaban J connectivity index is 1.30. The largest absolute Gasteiger partial charge is 0.352 e. The highest BCUT2D eigenvalue weighted by molar-refractivity contribution is 5.82. The van der Waals surface area contributed by atoms with Gasteiger partial charge in [0.05, 0.1) is 6.04 Å². The SMILES string of the molecule is CC1CCC(F)C2CC(C(=O)NC3CCCC(C4CNCNC4)C3)NC12. The third kappa shape index (κ3) is 3.92. The third-order valence-electron chi connectivity index (χ3n) is 7.45. The van der Waals surface area contributed by atoms with E-state index in [4.69, 9.17) is 0 Å². The average Bonchev–Trinajstić information content (AvgIpc) is 3.13. The Hall–Kier alpha value is -0.720. The molecule has 0 aromatic rings. The van der Waals surface area contributed by atoms with Gasteiger partial charge in [0.1, 0.15) is 6.17 Å². The quantitative estimate of drug-likeness (QED) is 0.612. The maximum atomic E-state index is 14.3. The van der Waals surface area contributed by atoms with Gasteiger partial charge in [-0.3, -0.25) is 4.79 Å². The van der Waals surface area contributed by atoms with Gasteiger partial charge in [0.25, 0.3) is 0 Å². The molecule has 0 aromatic carbocycles. The number of rotatable bonds is 3. The fourth-order valence-corrected chi connectivity index (χ4v) is 5.90. The molecule has 148 valence electrons.